The number of nitrogens with two attached hydrogens (primary N) is 2. The Morgan fingerprint density at radius 2 is 1.53 bits per heavy atom. The maximum Gasteiger partial charge on any atom is 0.184 e. The second kappa shape index (κ2) is 7.39. The number of hydrogen-bond acceptors (Lipinski definition) is 4. The lowest BCUT2D eigenvalue weighted by Crippen LogP contribution is -2.30. The summed E-state index contributed by atoms with van der Waals surface area (Å²) in [6.07, 6.45) is 0. The Hall–Kier alpha value is -2.06. The SMILES string of the molecule is CC(=N/NC(N)=S)/C(=N/NC(N)=S)c1ccccc1. The number of thiocarbonyl (C=S) groups is 2. The van der Waals surface area contributed by atoms with E-state index in [2.05, 4.69) is 33.3 Å². The summed E-state index contributed by atoms with van der Waals surface area (Å²) in [4.78, 5) is 0. The van der Waals surface area contributed by atoms with Gasteiger partial charge in [0.1, 0.15) is 5.71 Å². The van der Waals surface area contributed by atoms with Crippen molar-refractivity contribution in [3.05, 3.63) is 35.9 Å². The van der Waals surface area contributed by atoms with Crippen LogP contribution in [-0.2, 0) is 0 Å². The molecule has 0 heterocycles. The van der Waals surface area contributed by atoms with Gasteiger partial charge in [0.05, 0.1) is 5.71 Å². The number of nitrogens with one attached hydrogen (secondary N) is 2. The Morgan fingerprint density at radius 1 is 1.00 bits per heavy atom. The summed E-state index contributed by atoms with van der Waals surface area (Å²) in [5.41, 5.74) is 17.7. The molecular formula is C11H14N6S2. The van der Waals surface area contributed by atoms with Gasteiger partial charge in [0.15, 0.2) is 10.2 Å². The van der Waals surface area contributed by atoms with Gasteiger partial charge in [-0.1, -0.05) is 30.3 Å². The second-order valence-corrected chi connectivity index (χ2v) is 4.36. The molecule has 0 spiro atoms. The molecule has 0 atom stereocenters. The van der Waals surface area contributed by atoms with Crippen molar-refractivity contribution < 1.29 is 0 Å². The minimum absolute atomic E-state index is 0.0727. The van der Waals surface area contributed by atoms with Gasteiger partial charge in [-0.2, -0.15) is 10.2 Å². The molecule has 1 aromatic carbocycles. The largest absolute Gasteiger partial charge is 0.375 e. The van der Waals surface area contributed by atoms with Crippen molar-refractivity contribution >= 4 is 46.1 Å². The Balaban J connectivity index is 3.06. The fourth-order valence-corrected chi connectivity index (χ4v) is 1.34. The van der Waals surface area contributed by atoms with E-state index in [1.807, 2.05) is 30.3 Å². The van der Waals surface area contributed by atoms with Gasteiger partial charge in [-0.15, -0.1) is 0 Å². The highest BCUT2D eigenvalue weighted by Crippen LogP contribution is 2.02. The van der Waals surface area contributed by atoms with E-state index < -0.39 is 0 Å². The van der Waals surface area contributed by atoms with Gasteiger partial charge in [-0.3, -0.25) is 10.9 Å². The molecule has 0 saturated heterocycles. The molecule has 0 aromatic heterocycles. The molecule has 0 fully saturated rings. The predicted octanol–water partition coefficient (Wildman–Crippen LogP) is 0.433. The number of hydrazone groups is 2. The Morgan fingerprint density at radius 3 is 2.05 bits per heavy atom. The van der Waals surface area contributed by atoms with Gasteiger partial charge in [0.2, 0.25) is 0 Å². The van der Waals surface area contributed by atoms with Gasteiger partial charge in [-0.05, 0) is 31.4 Å². The summed E-state index contributed by atoms with van der Waals surface area (Å²) in [5, 5.41) is 8.29. The molecule has 6 N–H and O–H groups in total. The van der Waals surface area contributed by atoms with Crippen LogP contribution in [0.1, 0.15) is 12.5 Å². The second-order valence-electron chi connectivity index (χ2n) is 3.48. The first-order chi connectivity index (χ1) is 9.00. The Labute approximate surface area is 121 Å². The van der Waals surface area contributed by atoms with Crippen LogP contribution in [0.25, 0.3) is 0 Å². The van der Waals surface area contributed by atoms with Crippen LogP contribution in [0.2, 0.25) is 0 Å². The van der Waals surface area contributed by atoms with Crippen LogP contribution >= 0.6 is 24.4 Å². The van der Waals surface area contributed by atoms with Crippen molar-refractivity contribution in [1.82, 2.24) is 10.9 Å². The number of hydrogen-bond donors (Lipinski definition) is 4. The van der Waals surface area contributed by atoms with E-state index >= 15 is 0 Å². The Bertz CT molecular complexity index is 523. The topological polar surface area (TPSA) is 101 Å². The zero-order valence-corrected chi connectivity index (χ0v) is 11.9. The van der Waals surface area contributed by atoms with E-state index in [1.54, 1.807) is 6.92 Å². The lowest BCUT2D eigenvalue weighted by atomic mass is 10.1. The standard InChI is InChI=1S/C11H14N6S2/c1-7(14-16-10(12)18)9(15-17-11(13)19)8-5-3-2-4-6-8/h2-6H,1H3,(H3,12,16,18)(H3,13,17,19)/b14-7-,15-9-. The zero-order chi connectivity index (χ0) is 14.3. The minimum Gasteiger partial charge on any atom is -0.375 e. The molecule has 19 heavy (non-hydrogen) atoms. The zero-order valence-electron chi connectivity index (χ0n) is 10.3. The van der Waals surface area contributed by atoms with E-state index in [0.29, 0.717) is 11.4 Å². The van der Waals surface area contributed by atoms with Crippen LogP contribution in [0.4, 0.5) is 0 Å². The van der Waals surface area contributed by atoms with Gasteiger partial charge < -0.3 is 11.5 Å². The van der Waals surface area contributed by atoms with Crippen molar-refractivity contribution in [3.8, 4) is 0 Å². The monoisotopic (exact) mass is 294 g/mol. The fourth-order valence-electron chi connectivity index (χ4n) is 1.25. The van der Waals surface area contributed by atoms with E-state index in [-0.39, 0.29) is 10.2 Å². The van der Waals surface area contributed by atoms with E-state index in [0.717, 1.165) is 5.56 Å². The molecule has 1 aromatic rings. The summed E-state index contributed by atoms with van der Waals surface area (Å²) in [5.74, 6) is 0. The normalized spacial score (nSPS) is 11.8. The maximum absolute atomic E-state index is 5.36. The van der Waals surface area contributed by atoms with E-state index in [4.69, 9.17) is 23.7 Å². The number of benzene rings is 1. The lowest BCUT2D eigenvalue weighted by molar-refractivity contribution is 1.02. The van der Waals surface area contributed by atoms with Crippen molar-refractivity contribution in [2.45, 2.75) is 6.92 Å². The van der Waals surface area contributed by atoms with Crippen LogP contribution < -0.4 is 22.3 Å². The first-order valence-corrected chi connectivity index (χ1v) is 6.11. The summed E-state index contributed by atoms with van der Waals surface area (Å²) in [6, 6.07) is 9.46. The van der Waals surface area contributed by atoms with Crippen LogP contribution in [0, 0.1) is 0 Å². The molecule has 8 heteroatoms. The smallest absolute Gasteiger partial charge is 0.184 e. The average Bonchev–Trinajstić information content (AvgIpc) is 2.37. The van der Waals surface area contributed by atoms with Gasteiger partial charge in [0, 0.05) is 5.56 Å². The van der Waals surface area contributed by atoms with Crippen molar-refractivity contribution in [2.24, 2.45) is 21.7 Å². The molecule has 0 unspecified atom stereocenters. The summed E-state index contributed by atoms with van der Waals surface area (Å²) < 4.78 is 0. The molecular weight excluding hydrogens is 280 g/mol. The van der Waals surface area contributed by atoms with E-state index in [9.17, 15) is 0 Å². The first kappa shape index (κ1) is 15.0. The quantitative estimate of drug-likeness (QED) is 0.365. The van der Waals surface area contributed by atoms with Gasteiger partial charge >= 0.3 is 0 Å². The van der Waals surface area contributed by atoms with Crippen LogP contribution in [0.3, 0.4) is 0 Å². The van der Waals surface area contributed by atoms with Crippen LogP contribution in [-0.4, -0.2) is 21.6 Å². The molecule has 1 rings (SSSR count). The number of rotatable bonds is 4. The lowest BCUT2D eigenvalue weighted by Gasteiger charge is -2.07. The highest BCUT2D eigenvalue weighted by molar-refractivity contribution is 7.80. The van der Waals surface area contributed by atoms with Gasteiger partial charge in [0.25, 0.3) is 0 Å². The molecule has 100 valence electrons. The third kappa shape index (κ3) is 5.40. The average molecular weight is 294 g/mol. The predicted molar refractivity (Wildman–Crippen MR) is 85.9 cm³/mol. The molecule has 6 nitrogen and oxygen atoms in total. The van der Waals surface area contributed by atoms with Crippen molar-refractivity contribution in [2.75, 3.05) is 0 Å². The molecule has 0 amide bonds. The third-order valence-corrected chi connectivity index (χ3v) is 2.18. The highest BCUT2D eigenvalue weighted by Gasteiger charge is 2.07. The summed E-state index contributed by atoms with van der Waals surface area (Å²) >= 11 is 9.41. The molecule has 0 aliphatic rings. The first-order valence-electron chi connectivity index (χ1n) is 5.29. The summed E-state index contributed by atoms with van der Waals surface area (Å²) in [6.45, 7) is 1.76. The van der Waals surface area contributed by atoms with Crippen LogP contribution in [0.15, 0.2) is 40.5 Å². The van der Waals surface area contributed by atoms with Crippen molar-refractivity contribution in [3.63, 3.8) is 0 Å². The van der Waals surface area contributed by atoms with Crippen LogP contribution in [0.5, 0.6) is 0 Å². The van der Waals surface area contributed by atoms with Crippen molar-refractivity contribution in [1.29, 1.82) is 0 Å². The summed E-state index contributed by atoms with van der Waals surface area (Å²) in [7, 11) is 0. The van der Waals surface area contributed by atoms with E-state index in [1.165, 1.54) is 0 Å². The highest BCUT2D eigenvalue weighted by atomic mass is 32.1. The Kier molecular flexibility index (Phi) is 5.83. The molecule has 0 saturated carbocycles. The third-order valence-electron chi connectivity index (χ3n) is 2.00. The fraction of sp³-hybridized carbons (Fsp3) is 0.0909. The molecule has 0 bridgehead atoms. The van der Waals surface area contributed by atoms with Gasteiger partial charge in [-0.25, -0.2) is 0 Å². The molecule has 0 aliphatic heterocycles. The number of nitrogens with zero attached hydrogens (tertiary/aromatic N) is 2. The minimum atomic E-state index is 0.0727. The maximum atomic E-state index is 5.36. The molecule has 0 aliphatic carbocycles. The molecule has 0 radical (unpaired) electrons.